The molecule has 0 saturated carbocycles. The van der Waals surface area contributed by atoms with Gasteiger partial charge in [-0.25, -0.2) is 14.2 Å². The van der Waals surface area contributed by atoms with Crippen molar-refractivity contribution < 1.29 is 14.0 Å². The number of nitrogens with zero attached hydrogens (tertiary/aromatic N) is 2. The fraction of sp³-hybridized carbons (Fsp3) is 0.312. The number of hydrogen-bond donors (Lipinski definition) is 2. The minimum atomic E-state index is -0.843. The van der Waals surface area contributed by atoms with Crippen LogP contribution in [0, 0.1) is 12.7 Å². The van der Waals surface area contributed by atoms with Crippen LogP contribution in [0.3, 0.4) is 0 Å². The Kier molecular flexibility index (Phi) is 4.48. The number of nitrogens with two attached hydrogens (primary N) is 1. The second-order valence-electron chi connectivity index (χ2n) is 5.67. The van der Waals surface area contributed by atoms with Crippen LogP contribution in [0.15, 0.2) is 23.6 Å². The molecule has 2 aromatic rings. The summed E-state index contributed by atoms with van der Waals surface area (Å²) in [5.74, 6) is -1.60. The molecule has 1 aliphatic rings. The van der Waals surface area contributed by atoms with E-state index in [9.17, 15) is 14.0 Å². The highest BCUT2D eigenvalue weighted by Crippen LogP contribution is 2.34. The minimum absolute atomic E-state index is 0.0570. The molecule has 3 N–H and O–H groups in total. The molecule has 2 heterocycles. The molecular weight excluding hydrogens is 331 g/mol. The number of urea groups is 1. The summed E-state index contributed by atoms with van der Waals surface area (Å²) in [5, 5.41) is 5.54. The number of halogens is 1. The molecule has 1 aromatic heterocycles. The Morgan fingerprint density at radius 2 is 2.25 bits per heavy atom. The predicted molar refractivity (Wildman–Crippen MR) is 89.5 cm³/mol. The molecule has 0 aliphatic carbocycles. The lowest BCUT2D eigenvalue weighted by atomic mass is 10.2. The number of benzene rings is 1. The molecule has 0 spiro atoms. The predicted octanol–water partition coefficient (Wildman–Crippen LogP) is 3.06. The zero-order valence-corrected chi connectivity index (χ0v) is 13.9. The first-order valence-electron chi connectivity index (χ1n) is 7.54. The highest BCUT2D eigenvalue weighted by molar-refractivity contribution is 7.09. The van der Waals surface area contributed by atoms with Gasteiger partial charge in [0.15, 0.2) is 0 Å². The van der Waals surface area contributed by atoms with Crippen LogP contribution < -0.4 is 11.1 Å². The molecule has 1 aliphatic heterocycles. The second kappa shape index (κ2) is 6.56. The molecule has 1 fully saturated rings. The van der Waals surface area contributed by atoms with Gasteiger partial charge in [0.05, 0.1) is 11.6 Å². The van der Waals surface area contributed by atoms with Gasteiger partial charge >= 0.3 is 6.03 Å². The van der Waals surface area contributed by atoms with Crippen molar-refractivity contribution in [2.24, 2.45) is 5.73 Å². The third kappa shape index (κ3) is 3.23. The number of aryl methyl sites for hydroxylation is 1. The summed E-state index contributed by atoms with van der Waals surface area (Å²) in [6.45, 7) is 2.54. The van der Waals surface area contributed by atoms with E-state index in [1.165, 1.54) is 23.5 Å². The topological polar surface area (TPSA) is 88.3 Å². The number of hydrogen-bond acceptors (Lipinski definition) is 4. The van der Waals surface area contributed by atoms with E-state index in [1.807, 2.05) is 12.3 Å². The fourth-order valence-electron chi connectivity index (χ4n) is 2.78. The zero-order chi connectivity index (χ0) is 17.3. The summed E-state index contributed by atoms with van der Waals surface area (Å²) in [4.78, 5) is 29.7. The first-order chi connectivity index (χ1) is 11.5. The number of anilines is 1. The Balaban J connectivity index is 1.74. The molecule has 1 aromatic carbocycles. The van der Waals surface area contributed by atoms with Crippen LogP contribution in [0.5, 0.6) is 0 Å². The van der Waals surface area contributed by atoms with Gasteiger partial charge in [0.2, 0.25) is 0 Å². The molecule has 1 unspecified atom stereocenters. The van der Waals surface area contributed by atoms with Crippen LogP contribution in [0.2, 0.25) is 0 Å². The molecule has 0 bridgehead atoms. The number of rotatable bonds is 3. The molecule has 6 nitrogen and oxygen atoms in total. The van der Waals surface area contributed by atoms with Crippen LogP contribution in [-0.2, 0) is 0 Å². The Labute approximate surface area is 142 Å². The van der Waals surface area contributed by atoms with E-state index in [1.54, 1.807) is 4.90 Å². The van der Waals surface area contributed by atoms with Crippen molar-refractivity contribution in [3.05, 3.63) is 45.7 Å². The summed E-state index contributed by atoms with van der Waals surface area (Å²) in [6.07, 6.45) is 1.75. The number of carbonyl (C=O) groups excluding carboxylic acids is 2. The highest BCUT2D eigenvalue weighted by atomic mass is 32.1. The lowest BCUT2D eigenvalue weighted by Crippen LogP contribution is -2.34. The van der Waals surface area contributed by atoms with Gasteiger partial charge in [-0.3, -0.25) is 4.79 Å². The fourth-order valence-corrected chi connectivity index (χ4v) is 3.72. The number of aromatic nitrogens is 1. The van der Waals surface area contributed by atoms with Crippen LogP contribution in [0.4, 0.5) is 14.9 Å². The zero-order valence-electron chi connectivity index (χ0n) is 13.1. The van der Waals surface area contributed by atoms with Gasteiger partial charge in [0, 0.05) is 23.3 Å². The maximum atomic E-state index is 13.8. The van der Waals surface area contributed by atoms with E-state index in [4.69, 9.17) is 5.73 Å². The molecular formula is C16H17FN4O2S. The van der Waals surface area contributed by atoms with Gasteiger partial charge in [-0.05, 0) is 38.0 Å². The Hall–Kier alpha value is -2.48. The molecule has 1 saturated heterocycles. The monoisotopic (exact) mass is 348 g/mol. The maximum absolute atomic E-state index is 13.8. The van der Waals surface area contributed by atoms with Crippen LogP contribution in [-0.4, -0.2) is 28.4 Å². The van der Waals surface area contributed by atoms with Crippen molar-refractivity contribution in [2.45, 2.75) is 25.8 Å². The largest absolute Gasteiger partial charge is 0.366 e. The summed E-state index contributed by atoms with van der Waals surface area (Å²) >= 11 is 1.54. The average molecular weight is 348 g/mol. The van der Waals surface area contributed by atoms with E-state index < -0.39 is 11.7 Å². The molecule has 24 heavy (non-hydrogen) atoms. The van der Waals surface area contributed by atoms with Gasteiger partial charge in [0.1, 0.15) is 10.8 Å². The Bertz CT molecular complexity index is 792. The smallest absolute Gasteiger partial charge is 0.322 e. The third-order valence-corrected chi connectivity index (χ3v) is 4.99. The van der Waals surface area contributed by atoms with E-state index in [0.29, 0.717) is 6.54 Å². The van der Waals surface area contributed by atoms with Crippen LogP contribution in [0.25, 0.3) is 0 Å². The highest BCUT2D eigenvalue weighted by Gasteiger charge is 2.32. The third-order valence-electron chi connectivity index (χ3n) is 3.92. The van der Waals surface area contributed by atoms with Gasteiger partial charge < -0.3 is 16.0 Å². The van der Waals surface area contributed by atoms with Crippen molar-refractivity contribution in [3.63, 3.8) is 0 Å². The standard InChI is InChI=1S/C16H17FN4O2S/c1-9-8-24-15(19-9)13-3-2-6-21(13)16(23)20-10-4-5-11(14(18)22)12(17)7-10/h4-5,7-8,13H,2-3,6H2,1H3,(H2,18,22)(H,20,23). The first-order valence-corrected chi connectivity index (χ1v) is 8.42. The van der Waals surface area contributed by atoms with Gasteiger partial charge in [-0.15, -0.1) is 11.3 Å². The van der Waals surface area contributed by atoms with Gasteiger partial charge in [0.25, 0.3) is 5.91 Å². The number of carbonyl (C=O) groups is 2. The first kappa shape index (κ1) is 16.4. The van der Waals surface area contributed by atoms with Crippen LogP contribution >= 0.6 is 11.3 Å². The quantitative estimate of drug-likeness (QED) is 0.893. The van der Waals surface area contributed by atoms with Crippen molar-refractivity contribution >= 4 is 29.0 Å². The molecule has 8 heteroatoms. The number of primary amides is 1. The molecule has 126 valence electrons. The molecule has 1 atom stereocenters. The van der Waals surface area contributed by atoms with E-state index in [-0.39, 0.29) is 23.3 Å². The van der Waals surface area contributed by atoms with E-state index in [0.717, 1.165) is 29.6 Å². The summed E-state index contributed by atoms with van der Waals surface area (Å²) in [6, 6.07) is 3.45. The summed E-state index contributed by atoms with van der Waals surface area (Å²) < 4.78 is 13.8. The second-order valence-corrected chi connectivity index (χ2v) is 6.56. The summed E-state index contributed by atoms with van der Waals surface area (Å²) in [7, 11) is 0. The summed E-state index contributed by atoms with van der Waals surface area (Å²) in [5.41, 5.74) is 6.08. The van der Waals surface area contributed by atoms with E-state index >= 15 is 0 Å². The number of amides is 3. The normalized spacial score (nSPS) is 17.1. The number of likely N-dealkylation sites (tertiary alicyclic amines) is 1. The number of thiazole rings is 1. The van der Waals surface area contributed by atoms with Crippen molar-refractivity contribution in [2.75, 3.05) is 11.9 Å². The van der Waals surface area contributed by atoms with E-state index in [2.05, 4.69) is 10.3 Å². The van der Waals surface area contributed by atoms with Gasteiger partial charge in [-0.2, -0.15) is 0 Å². The van der Waals surface area contributed by atoms with Crippen LogP contribution in [0.1, 0.15) is 39.9 Å². The lowest BCUT2D eigenvalue weighted by molar-refractivity contribution is 0.0996. The molecule has 3 rings (SSSR count). The Morgan fingerprint density at radius 1 is 1.46 bits per heavy atom. The lowest BCUT2D eigenvalue weighted by Gasteiger charge is -2.23. The average Bonchev–Trinajstić information content (AvgIpc) is 3.15. The van der Waals surface area contributed by atoms with Gasteiger partial charge in [-0.1, -0.05) is 0 Å². The van der Waals surface area contributed by atoms with Crippen molar-refractivity contribution in [1.82, 2.24) is 9.88 Å². The minimum Gasteiger partial charge on any atom is -0.366 e. The number of nitrogens with one attached hydrogen (secondary N) is 1. The maximum Gasteiger partial charge on any atom is 0.322 e. The van der Waals surface area contributed by atoms with Crippen molar-refractivity contribution in [1.29, 1.82) is 0 Å². The molecule has 3 amide bonds. The Morgan fingerprint density at radius 3 is 2.88 bits per heavy atom. The van der Waals surface area contributed by atoms with Crippen molar-refractivity contribution in [3.8, 4) is 0 Å². The molecule has 0 radical (unpaired) electrons. The SMILES string of the molecule is Cc1csc(C2CCCN2C(=O)Nc2ccc(C(N)=O)c(F)c2)n1.